The quantitative estimate of drug-likeness (QED) is 0.735. The highest BCUT2D eigenvalue weighted by Crippen LogP contribution is 2.18. The zero-order chi connectivity index (χ0) is 14.9. The van der Waals surface area contributed by atoms with E-state index in [0.717, 1.165) is 18.7 Å². The Balaban J connectivity index is 1.83. The minimum atomic E-state index is -0.440. The number of carbonyl (C=O) groups excluding carboxylic acids is 1. The van der Waals surface area contributed by atoms with E-state index in [1.54, 1.807) is 13.2 Å². The van der Waals surface area contributed by atoms with Crippen molar-refractivity contribution in [3.05, 3.63) is 24.3 Å². The van der Waals surface area contributed by atoms with Crippen molar-refractivity contribution in [2.24, 2.45) is 0 Å². The van der Waals surface area contributed by atoms with Crippen LogP contribution in [0.3, 0.4) is 0 Å². The Hall–Kier alpha value is -1.63. The van der Waals surface area contributed by atoms with Gasteiger partial charge in [0.2, 0.25) is 0 Å². The monoisotopic (exact) mass is 294 g/mol. The Morgan fingerprint density at radius 2 is 2.38 bits per heavy atom. The maximum absolute atomic E-state index is 12.0. The van der Waals surface area contributed by atoms with E-state index in [1.165, 1.54) is 0 Å². The molecular formula is C15H22N2O4. The third-order valence-electron chi connectivity index (χ3n) is 3.08. The average Bonchev–Trinajstić information content (AvgIpc) is 2.53. The summed E-state index contributed by atoms with van der Waals surface area (Å²) < 4.78 is 16.0. The first-order valence-electron chi connectivity index (χ1n) is 7.14. The van der Waals surface area contributed by atoms with Gasteiger partial charge in [-0.15, -0.1) is 0 Å². The van der Waals surface area contributed by atoms with Gasteiger partial charge in [-0.2, -0.15) is 0 Å². The molecule has 1 fully saturated rings. The van der Waals surface area contributed by atoms with Gasteiger partial charge in [-0.25, -0.2) is 0 Å². The Morgan fingerprint density at radius 1 is 1.48 bits per heavy atom. The van der Waals surface area contributed by atoms with Crippen molar-refractivity contribution in [1.29, 1.82) is 0 Å². The van der Waals surface area contributed by atoms with Crippen LogP contribution >= 0.6 is 0 Å². The first-order chi connectivity index (χ1) is 10.3. The number of rotatable bonds is 7. The molecule has 1 aromatic carbocycles. The van der Waals surface area contributed by atoms with Crippen molar-refractivity contribution < 1.29 is 19.0 Å². The van der Waals surface area contributed by atoms with Gasteiger partial charge in [0, 0.05) is 45.0 Å². The Bertz CT molecular complexity index is 447. The van der Waals surface area contributed by atoms with E-state index in [0.29, 0.717) is 32.1 Å². The Kier molecular flexibility index (Phi) is 6.46. The molecule has 2 N–H and O–H groups in total. The normalized spacial score (nSPS) is 18.2. The molecule has 1 heterocycles. The average molecular weight is 294 g/mol. The summed E-state index contributed by atoms with van der Waals surface area (Å²) in [5.74, 6) is 0.588. The molecule has 0 radical (unpaired) electrons. The van der Waals surface area contributed by atoms with Crippen molar-refractivity contribution in [2.75, 3.05) is 45.3 Å². The number of ether oxygens (including phenoxy) is 3. The molecule has 2 rings (SSSR count). The minimum Gasteiger partial charge on any atom is -0.493 e. The highest BCUT2D eigenvalue weighted by atomic mass is 16.5. The second-order valence-electron chi connectivity index (χ2n) is 4.78. The molecule has 0 aromatic heterocycles. The lowest BCUT2D eigenvalue weighted by Crippen LogP contribution is -2.45. The van der Waals surface area contributed by atoms with Crippen LogP contribution in [0.15, 0.2) is 24.3 Å². The maximum atomic E-state index is 12.0. The van der Waals surface area contributed by atoms with Gasteiger partial charge in [-0.05, 0) is 12.1 Å². The number of benzene rings is 1. The number of amides is 1. The largest absolute Gasteiger partial charge is 0.493 e. The van der Waals surface area contributed by atoms with Gasteiger partial charge in [-0.3, -0.25) is 4.79 Å². The summed E-state index contributed by atoms with van der Waals surface area (Å²) in [5.41, 5.74) is 0.707. The molecule has 1 aromatic rings. The molecular weight excluding hydrogens is 272 g/mol. The summed E-state index contributed by atoms with van der Waals surface area (Å²) in [4.78, 5) is 12.0. The van der Waals surface area contributed by atoms with Gasteiger partial charge in [0.15, 0.2) is 0 Å². The summed E-state index contributed by atoms with van der Waals surface area (Å²) in [6, 6.07) is 7.35. The standard InChI is InChI=1S/C15H22N2O4/c1-19-7-3-8-20-13-5-2-4-12(10-13)17-15(18)14-11-16-6-9-21-14/h2,4-5,10,14,16H,3,6-9,11H2,1H3,(H,17,18). The van der Waals surface area contributed by atoms with E-state index >= 15 is 0 Å². The molecule has 6 heteroatoms. The van der Waals surface area contributed by atoms with Crippen molar-refractivity contribution in [1.82, 2.24) is 5.32 Å². The number of carbonyl (C=O) groups is 1. The van der Waals surface area contributed by atoms with Gasteiger partial charge < -0.3 is 24.8 Å². The number of methoxy groups -OCH3 is 1. The van der Waals surface area contributed by atoms with Gasteiger partial charge >= 0.3 is 0 Å². The first-order valence-corrected chi connectivity index (χ1v) is 7.14. The molecule has 1 aliphatic heterocycles. The van der Waals surface area contributed by atoms with E-state index in [1.807, 2.05) is 18.2 Å². The number of morpholine rings is 1. The zero-order valence-corrected chi connectivity index (χ0v) is 12.3. The third kappa shape index (κ3) is 5.34. The van der Waals surface area contributed by atoms with Crippen molar-refractivity contribution in [2.45, 2.75) is 12.5 Å². The first kappa shape index (κ1) is 15.8. The van der Waals surface area contributed by atoms with Crippen LogP contribution in [0.5, 0.6) is 5.75 Å². The van der Waals surface area contributed by atoms with Crippen LogP contribution in [-0.2, 0) is 14.3 Å². The Morgan fingerprint density at radius 3 is 3.14 bits per heavy atom. The number of anilines is 1. The van der Waals surface area contributed by atoms with Gasteiger partial charge in [0.05, 0.1) is 13.2 Å². The lowest BCUT2D eigenvalue weighted by Gasteiger charge is -2.22. The van der Waals surface area contributed by atoms with Crippen molar-refractivity contribution in [3.63, 3.8) is 0 Å². The molecule has 1 saturated heterocycles. The number of hydrogen-bond acceptors (Lipinski definition) is 5. The molecule has 116 valence electrons. The van der Waals surface area contributed by atoms with E-state index in [9.17, 15) is 4.79 Å². The number of nitrogens with one attached hydrogen (secondary N) is 2. The van der Waals surface area contributed by atoms with Crippen LogP contribution in [0.2, 0.25) is 0 Å². The maximum Gasteiger partial charge on any atom is 0.254 e. The highest BCUT2D eigenvalue weighted by molar-refractivity contribution is 5.94. The summed E-state index contributed by atoms with van der Waals surface area (Å²) in [5, 5.41) is 5.98. The zero-order valence-electron chi connectivity index (χ0n) is 12.3. The topological polar surface area (TPSA) is 68.8 Å². The smallest absolute Gasteiger partial charge is 0.254 e. The molecule has 21 heavy (non-hydrogen) atoms. The van der Waals surface area contributed by atoms with E-state index in [-0.39, 0.29) is 5.91 Å². The summed E-state index contributed by atoms with van der Waals surface area (Å²) in [7, 11) is 1.67. The molecule has 0 spiro atoms. The molecule has 6 nitrogen and oxygen atoms in total. The third-order valence-corrected chi connectivity index (χ3v) is 3.08. The van der Waals surface area contributed by atoms with E-state index in [4.69, 9.17) is 14.2 Å². The van der Waals surface area contributed by atoms with E-state index < -0.39 is 6.10 Å². The fraction of sp³-hybridized carbons (Fsp3) is 0.533. The van der Waals surface area contributed by atoms with Crippen LogP contribution in [0.25, 0.3) is 0 Å². The molecule has 1 aliphatic rings. The fourth-order valence-corrected chi connectivity index (χ4v) is 2.01. The van der Waals surface area contributed by atoms with E-state index in [2.05, 4.69) is 10.6 Å². The summed E-state index contributed by atoms with van der Waals surface area (Å²) in [6.07, 6.45) is 0.388. The predicted octanol–water partition coefficient (Wildman–Crippen LogP) is 1.03. The van der Waals surface area contributed by atoms with Crippen LogP contribution in [-0.4, -0.2) is 52.0 Å². The molecule has 1 amide bonds. The predicted molar refractivity (Wildman–Crippen MR) is 79.7 cm³/mol. The molecule has 1 atom stereocenters. The second-order valence-corrected chi connectivity index (χ2v) is 4.78. The summed E-state index contributed by atoms with van der Waals surface area (Å²) >= 11 is 0. The lowest BCUT2D eigenvalue weighted by atomic mass is 10.2. The van der Waals surface area contributed by atoms with Crippen LogP contribution in [0.4, 0.5) is 5.69 Å². The highest BCUT2D eigenvalue weighted by Gasteiger charge is 2.21. The fourth-order valence-electron chi connectivity index (χ4n) is 2.01. The van der Waals surface area contributed by atoms with Gasteiger partial charge in [0.1, 0.15) is 11.9 Å². The lowest BCUT2D eigenvalue weighted by molar-refractivity contribution is -0.128. The summed E-state index contributed by atoms with van der Waals surface area (Å²) in [6.45, 7) is 3.14. The van der Waals surface area contributed by atoms with Gasteiger partial charge in [-0.1, -0.05) is 6.07 Å². The van der Waals surface area contributed by atoms with Crippen LogP contribution in [0.1, 0.15) is 6.42 Å². The van der Waals surface area contributed by atoms with Crippen LogP contribution in [0, 0.1) is 0 Å². The second kappa shape index (κ2) is 8.61. The van der Waals surface area contributed by atoms with Crippen LogP contribution < -0.4 is 15.4 Å². The molecule has 0 bridgehead atoms. The van der Waals surface area contributed by atoms with Gasteiger partial charge in [0.25, 0.3) is 5.91 Å². The van der Waals surface area contributed by atoms with Crippen molar-refractivity contribution >= 4 is 11.6 Å². The Labute approximate surface area is 124 Å². The molecule has 0 saturated carbocycles. The number of hydrogen-bond donors (Lipinski definition) is 2. The van der Waals surface area contributed by atoms with Crippen molar-refractivity contribution in [3.8, 4) is 5.75 Å². The minimum absolute atomic E-state index is 0.140. The molecule has 0 aliphatic carbocycles. The SMILES string of the molecule is COCCCOc1cccc(NC(=O)C2CNCCO2)c1. The molecule has 1 unspecified atom stereocenters.